The van der Waals surface area contributed by atoms with Crippen LogP contribution in [0.2, 0.25) is 0 Å². The van der Waals surface area contributed by atoms with Gasteiger partial charge in [-0.1, -0.05) is 13.3 Å². The second kappa shape index (κ2) is 8.61. The van der Waals surface area contributed by atoms with Gasteiger partial charge in [-0.05, 0) is 26.7 Å². The molecule has 0 aliphatic heterocycles. The Kier molecular flexibility index (Phi) is 7.14. The average Bonchev–Trinajstić information content (AvgIpc) is 2.82. The molecule has 2 unspecified atom stereocenters. The Morgan fingerprint density at radius 2 is 2.10 bits per heavy atom. The number of carbonyl (C=O) groups excluding carboxylic acids is 1. The molecule has 1 aromatic rings. The molecule has 21 heavy (non-hydrogen) atoms. The van der Waals surface area contributed by atoms with Gasteiger partial charge in [-0.25, -0.2) is 9.78 Å². The third-order valence-corrected chi connectivity index (χ3v) is 4.08. The minimum absolute atomic E-state index is 0.0224. The molecular formula is C14H23N3O3S. The standard InChI is InChI=1S/C14H23N3O3S/c1-9(13(18)19)5-4-6-10(2)17-14(20)16-8-12-7-15-11(3)21-12/h7,9-10H,4-6,8H2,1-3H3,(H,18,19)(H2,16,17,20). The summed E-state index contributed by atoms with van der Waals surface area (Å²) in [5.41, 5.74) is 0. The van der Waals surface area contributed by atoms with E-state index in [-0.39, 0.29) is 18.0 Å². The van der Waals surface area contributed by atoms with Crippen molar-refractivity contribution in [3.8, 4) is 0 Å². The topological polar surface area (TPSA) is 91.3 Å². The first-order valence-electron chi connectivity index (χ1n) is 7.07. The Hall–Kier alpha value is -1.63. The quantitative estimate of drug-likeness (QED) is 0.688. The number of thiazole rings is 1. The number of nitrogens with one attached hydrogen (secondary N) is 2. The van der Waals surface area contributed by atoms with Gasteiger partial charge in [0.1, 0.15) is 0 Å². The fourth-order valence-electron chi connectivity index (χ4n) is 1.86. The summed E-state index contributed by atoms with van der Waals surface area (Å²) in [7, 11) is 0. The molecule has 0 bridgehead atoms. The number of carbonyl (C=O) groups is 2. The van der Waals surface area contributed by atoms with Gasteiger partial charge in [0.15, 0.2) is 0 Å². The molecular weight excluding hydrogens is 290 g/mol. The number of nitrogens with zero attached hydrogens (tertiary/aromatic N) is 1. The number of hydrogen-bond donors (Lipinski definition) is 3. The minimum atomic E-state index is -0.770. The lowest BCUT2D eigenvalue weighted by molar-refractivity contribution is -0.141. The van der Waals surface area contributed by atoms with E-state index in [1.165, 1.54) is 0 Å². The van der Waals surface area contributed by atoms with Crippen molar-refractivity contribution in [2.24, 2.45) is 5.92 Å². The van der Waals surface area contributed by atoms with Crippen LogP contribution < -0.4 is 10.6 Å². The molecule has 1 rings (SSSR count). The van der Waals surface area contributed by atoms with Gasteiger partial charge in [-0.3, -0.25) is 4.79 Å². The number of aryl methyl sites for hydroxylation is 1. The summed E-state index contributed by atoms with van der Waals surface area (Å²) in [6.07, 6.45) is 3.94. The van der Waals surface area contributed by atoms with Gasteiger partial charge in [-0.15, -0.1) is 11.3 Å². The first kappa shape index (κ1) is 17.4. The van der Waals surface area contributed by atoms with Gasteiger partial charge in [-0.2, -0.15) is 0 Å². The van der Waals surface area contributed by atoms with Crippen LogP contribution in [-0.4, -0.2) is 28.1 Å². The number of hydrogen-bond acceptors (Lipinski definition) is 4. The molecule has 3 N–H and O–H groups in total. The summed E-state index contributed by atoms with van der Waals surface area (Å²) < 4.78 is 0. The minimum Gasteiger partial charge on any atom is -0.481 e. The van der Waals surface area contributed by atoms with Crippen LogP contribution in [-0.2, 0) is 11.3 Å². The normalized spacial score (nSPS) is 13.5. The summed E-state index contributed by atoms with van der Waals surface area (Å²) >= 11 is 1.56. The largest absolute Gasteiger partial charge is 0.481 e. The molecule has 0 aliphatic rings. The van der Waals surface area contributed by atoms with Gasteiger partial charge < -0.3 is 15.7 Å². The molecule has 0 radical (unpaired) electrons. The van der Waals surface area contributed by atoms with E-state index in [9.17, 15) is 9.59 Å². The lowest BCUT2D eigenvalue weighted by Crippen LogP contribution is -2.40. The Morgan fingerprint density at radius 1 is 1.38 bits per heavy atom. The first-order valence-corrected chi connectivity index (χ1v) is 7.88. The van der Waals surface area contributed by atoms with E-state index >= 15 is 0 Å². The maximum absolute atomic E-state index is 11.7. The number of aliphatic carboxylic acids is 1. The average molecular weight is 313 g/mol. The van der Waals surface area contributed by atoms with Gasteiger partial charge >= 0.3 is 12.0 Å². The highest BCUT2D eigenvalue weighted by Crippen LogP contribution is 2.11. The Morgan fingerprint density at radius 3 is 2.67 bits per heavy atom. The van der Waals surface area contributed by atoms with Crippen molar-refractivity contribution in [3.05, 3.63) is 16.1 Å². The summed E-state index contributed by atoms with van der Waals surface area (Å²) in [5, 5.41) is 15.4. The molecule has 2 atom stereocenters. The van der Waals surface area contributed by atoms with E-state index in [4.69, 9.17) is 5.11 Å². The highest BCUT2D eigenvalue weighted by molar-refractivity contribution is 7.11. The molecule has 7 heteroatoms. The van der Waals surface area contributed by atoms with Crippen LogP contribution in [0.4, 0.5) is 4.79 Å². The van der Waals surface area contributed by atoms with Gasteiger partial charge in [0, 0.05) is 17.1 Å². The van der Waals surface area contributed by atoms with Crippen LogP contribution in [0.15, 0.2) is 6.20 Å². The van der Waals surface area contributed by atoms with Crippen molar-refractivity contribution in [1.82, 2.24) is 15.6 Å². The maximum atomic E-state index is 11.7. The van der Waals surface area contributed by atoms with Gasteiger partial charge in [0.05, 0.1) is 17.5 Å². The van der Waals surface area contributed by atoms with Crippen LogP contribution >= 0.6 is 11.3 Å². The van der Waals surface area contributed by atoms with Gasteiger partial charge in [0.2, 0.25) is 0 Å². The highest BCUT2D eigenvalue weighted by atomic mass is 32.1. The molecule has 0 saturated heterocycles. The number of aromatic nitrogens is 1. The molecule has 1 aromatic heterocycles. The van der Waals surface area contributed by atoms with Crippen LogP contribution in [0.25, 0.3) is 0 Å². The number of rotatable bonds is 8. The molecule has 0 aliphatic carbocycles. The first-order chi connectivity index (χ1) is 9.88. The predicted molar refractivity (Wildman–Crippen MR) is 82.3 cm³/mol. The van der Waals surface area contributed by atoms with Crippen LogP contribution in [0.3, 0.4) is 0 Å². The molecule has 118 valence electrons. The smallest absolute Gasteiger partial charge is 0.315 e. The molecule has 0 fully saturated rings. The van der Waals surface area contributed by atoms with Crippen molar-refractivity contribution in [2.45, 2.75) is 52.6 Å². The summed E-state index contributed by atoms with van der Waals surface area (Å²) in [5.74, 6) is -1.10. The van der Waals surface area contributed by atoms with Crippen molar-refractivity contribution >= 4 is 23.3 Å². The zero-order valence-electron chi connectivity index (χ0n) is 12.7. The Labute approximate surface area is 129 Å². The van der Waals surface area contributed by atoms with Crippen LogP contribution in [0.5, 0.6) is 0 Å². The molecule has 0 saturated carbocycles. The van der Waals surface area contributed by atoms with E-state index in [0.29, 0.717) is 13.0 Å². The summed E-state index contributed by atoms with van der Waals surface area (Å²) in [4.78, 5) is 27.5. The third kappa shape index (κ3) is 7.08. The predicted octanol–water partition coefficient (Wildman–Crippen LogP) is 2.53. The maximum Gasteiger partial charge on any atom is 0.315 e. The number of urea groups is 1. The Bertz CT molecular complexity index is 476. The van der Waals surface area contributed by atoms with Gasteiger partial charge in [0.25, 0.3) is 0 Å². The van der Waals surface area contributed by atoms with Crippen molar-refractivity contribution in [2.75, 3.05) is 0 Å². The number of amides is 2. The number of carboxylic acid groups (broad SMARTS) is 1. The van der Waals surface area contributed by atoms with Crippen molar-refractivity contribution in [3.63, 3.8) is 0 Å². The fraction of sp³-hybridized carbons (Fsp3) is 0.643. The third-order valence-electron chi connectivity index (χ3n) is 3.17. The number of carboxylic acids is 1. The lowest BCUT2D eigenvalue weighted by atomic mass is 10.0. The summed E-state index contributed by atoms with van der Waals surface area (Å²) in [6, 6.07) is -0.186. The zero-order chi connectivity index (χ0) is 15.8. The molecule has 0 aromatic carbocycles. The monoisotopic (exact) mass is 313 g/mol. The highest BCUT2D eigenvalue weighted by Gasteiger charge is 2.12. The summed E-state index contributed by atoms with van der Waals surface area (Å²) in [6.45, 7) is 6.01. The van der Waals surface area contributed by atoms with E-state index in [0.717, 1.165) is 22.7 Å². The van der Waals surface area contributed by atoms with Crippen LogP contribution in [0, 0.1) is 12.8 Å². The second-order valence-electron chi connectivity index (χ2n) is 5.24. The SMILES string of the molecule is Cc1ncc(CNC(=O)NC(C)CCCC(C)C(=O)O)s1. The van der Waals surface area contributed by atoms with E-state index in [2.05, 4.69) is 15.6 Å². The van der Waals surface area contributed by atoms with Crippen molar-refractivity contribution in [1.29, 1.82) is 0 Å². The molecule has 2 amide bonds. The second-order valence-corrected chi connectivity index (χ2v) is 6.56. The van der Waals surface area contributed by atoms with Crippen molar-refractivity contribution < 1.29 is 14.7 Å². The fourth-order valence-corrected chi connectivity index (χ4v) is 2.59. The van der Waals surface area contributed by atoms with Crippen LogP contribution in [0.1, 0.15) is 43.0 Å². The lowest BCUT2D eigenvalue weighted by Gasteiger charge is -2.15. The Balaban J connectivity index is 2.17. The molecule has 1 heterocycles. The van der Waals surface area contributed by atoms with E-state index in [1.807, 2.05) is 13.8 Å². The molecule has 0 spiro atoms. The zero-order valence-corrected chi connectivity index (χ0v) is 13.5. The van der Waals surface area contributed by atoms with E-state index < -0.39 is 5.97 Å². The molecule has 6 nitrogen and oxygen atoms in total. The van der Waals surface area contributed by atoms with E-state index in [1.54, 1.807) is 24.5 Å².